The lowest BCUT2D eigenvalue weighted by atomic mass is 9.70. The van der Waals surface area contributed by atoms with E-state index in [1.807, 2.05) is 0 Å². The summed E-state index contributed by atoms with van der Waals surface area (Å²) in [6, 6.07) is 98.4. The first-order valence-electron chi connectivity index (χ1n) is 23.9. The summed E-state index contributed by atoms with van der Waals surface area (Å²) < 4.78 is 2.39. The van der Waals surface area contributed by atoms with Crippen LogP contribution in [0.15, 0.2) is 267 Å². The van der Waals surface area contributed by atoms with Gasteiger partial charge in [-0.05, 0) is 121 Å². The van der Waals surface area contributed by atoms with E-state index < -0.39 is 5.41 Å². The predicted octanol–water partition coefficient (Wildman–Crippen LogP) is 17.6. The van der Waals surface area contributed by atoms with Crippen LogP contribution in [0.1, 0.15) is 22.3 Å². The Hall–Kier alpha value is -8.98. The molecule has 0 N–H and O–H groups in total. The number of benzene rings is 11. The minimum atomic E-state index is -0.449. The Kier molecular flexibility index (Phi) is 8.84. The lowest BCUT2D eigenvalue weighted by Crippen LogP contribution is -2.26. The maximum atomic E-state index is 2.51. The number of para-hydroxylation sites is 3. The fourth-order valence-corrected chi connectivity index (χ4v) is 12.0. The quantitative estimate of drug-likeness (QED) is 0.155. The van der Waals surface area contributed by atoms with Gasteiger partial charge in [0.05, 0.1) is 27.8 Å². The van der Waals surface area contributed by atoms with E-state index in [-0.39, 0.29) is 0 Å². The molecule has 2 aliphatic carbocycles. The Balaban J connectivity index is 0.941. The van der Waals surface area contributed by atoms with E-state index >= 15 is 0 Å². The molecule has 69 heavy (non-hydrogen) atoms. The second kappa shape index (κ2) is 15.6. The molecule has 1 aromatic heterocycles. The van der Waals surface area contributed by atoms with Crippen LogP contribution in [-0.4, -0.2) is 4.57 Å². The summed E-state index contributed by atoms with van der Waals surface area (Å²) in [5.74, 6) is 0. The molecule has 0 radical (unpaired) electrons. The summed E-state index contributed by atoms with van der Waals surface area (Å²) >= 11 is 0. The number of aromatic nitrogens is 1. The zero-order valence-electron chi connectivity index (χ0n) is 37.8. The first-order chi connectivity index (χ1) is 34.3. The van der Waals surface area contributed by atoms with Crippen molar-refractivity contribution in [2.75, 3.05) is 4.90 Å². The van der Waals surface area contributed by atoms with Crippen LogP contribution >= 0.6 is 0 Å². The second-order valence-electron chi connectivity index (χ2n) is 18.3. The largest absolute Gasteiger partial charge is 0.309 e. The zero-order chi connectivity index (χ0) is 45.5. The number of hydrogen-bond donors (Lipinski definition) is 0. The van der Waals surface area contributed by atoms with Crippen LogP contribution < -0.4 is 4.90 Å². The van der Waals surface area contributed by atoms with E-state index in [9.17, 15) is 0 Å². The Morgan fingerprint density at radius 3 is 1.57 bits per heavy atom. The first kappa shape index (κ1) is 39.2. The van der Waals surface area contributed by atoms with Crippen LogP contribution in [0.2, 0.25) is 0 Å². The molecule has 0 aliphatic heterocycles. The average molecular weight is 877 g/mol. The van der Waals surface area contributed by atoms with Crippen LogP contribution in [0.5, 0.6) is 0 Å². The van der Waals surface area contributed by atoms with Crippen LogP contribution in [0.25, 0.3) is 83.1 Å². The van der Waals surface area contributed by atoms with E-state index in [0.717, 1.165) is 28.3 Å². The van der Waals surface area contributed by atoms with Gasteiger partial charge in [0.25, 0.3) is 0 Å². The van der Waals surface area contributed by atoms with Crippen molar-refractivity contribution in [3.8, 4) is 61.3 Å². The molecule has 12 aromatic rings. The van der Waals surface area contributed by atoms with E-state index in [2.05, 4.69) is 276 Å². The Morgan fingerprint density at radius 1 is 0.304 bits per heavy atom. The molecule has 0 bridgehead atoms. The maximum Gasteiger partial charge on any atom is 0.0726 e. The van der Waals surface area contributed by atoms with Crippen molar-refractivity contribution in [2.24, 2.45) is 0 Å². The molecule has 0 saturated carbocycles. The molecular formula is C67H44N2. The van der Waals surface area contributed by atoms with Gasteiger partial charge in [0.15, 0.2) is 0 Å². The molecule has 0 unspecified atom stereocenters. The van der Waals surface area contributed by atoms with Crippen molar-refractivity contribution >= 4 is 38.9 Å². The topological polar surface area (TPSA) is 8.17 Å². The van der Waals surface area contributed by atoms with Crippen LogP contribution in [-0.2, 0) is 5.41 Å². The van der Waals surface area contributed by atoms with Gasteiger partial charge in [-0.1, -0.05) is 212 Å². The zero-order valence-corrected chi connectivity index (χ0v) is 37.8. The van der Waals surface area contributed by atoms with Crippen molar-refractivity contribution < 1.29 is 0 Å². The monoisotopic (exact) mass is 876 g/mol. The summed E-state index contributed by atoms with van der Waals surface area (Å²) in [7, 11) is 0. The fraction of sp³-hybridized carbons (Fsp3) is 0.0149. The SMILES string of the molecule is c1ccc(-c2ccccc2N(c2ccc(-c3cccc(-c4cccc5c4c4ccccc4n5-c4ccccc4)c3)cc2)c2cccc3c2-c2ccccc2C32c3ccccc3-c3ccccc32)cc1. The molecule has 2 aliphatic rings. The molecule has 0 amide bonds. The van der Waals surface area contributed by atoms with Crippen LogP contribution in [0.4, 0.5) is 17.1 Å². The number of nitrogens with zero attached hydrogens (tertiary/aromatic N) is 2. The molecular weight excluding hydrogens is 833 g/mol. The van der Waals surface area contributed by atoms with Gasteiger partial charge in [-0.15, -0.1) is 0 Å². The standard InChI is InChI=1S/C67H44N2/c1-3-20-46(21-4-1)51-26-10-15-36-61(51)69(64-39-19-35-60-66(64)55-29-9-14-34-59(55)67(60)57-32-12-7-27-53(57)54-28-8-13-33-58(54)67)50-42-40-45(41-43-50)47-22-17-23-48(44-47)52-31-18-38-63-65(52)56-30-11-16-37-62(56)68(63)49-24-5-2-6-25-49/h1-44H. The Labute approximate surface area is 402 Å². The van der Waals surface area contributed by atoms with E-state index in [1.165, 1.54) is 94.1 Å². The molecule has 0 saturated heterocycles. The number of hydrogen-bond acceptors (Lipinski definition) is 1. The van der Waals surface area contributed by atoms with Crippen molar-refractivity contribution in [3.05, 3.63) is 289 Å². The molecule has 2 nitrogen and oxygen atoms in total. The highest BCUT2D eigenvalue weighted by Crippen LogP contribution is 2.65. The van der Waals surface area contributed by atoms with Crippen molar-refractivity contribution in [1.82, 2.24) is 4.57 Å². The highest BCUT2D eigenvalue weighted by molar-refractivity contribution is 6.16. The molecule has 0 atom stereocenters. The van der Waals surface area contributed by atoms with Gasteiger partial charge in [-0.25, -0.2) is 0 Å². The van der Waals surface area contributed by atoms with Gasteiger partial charge in [0, 0.05) is 33.3 Å². The van der Waals surface area contributed by atoms with E-state index in [0.29, 0.717) is 0 Å². The average Bonchev–Trinajstić information content (AvgIpc) is 4.04. The van der Waals surface area contributed by atoms with Gasteiger partial charge in [-0.3, -0.25) is 0 Å². The molecule has 322 valence electrons. The highest BCUT2D eigenvalue weighted by atomic mass is 15.1. The van der Waals surface area contributed by atoms with Crippen LogP contribution in [0.3, 0.4) is 0 Å². The van der Waals surface area contributed by atoms with Gasteiger partial charge in [-0.2, -0.15) is 0 Å². The predicted molar refractivity (Wildman–Crippen MR) is 288 cm³/mol. The molecule has 1 heterocycles. The maximum absolute atomic E-state index is 2.51. The second-order valence-corrected chi connectivity index (χ2v) is 18.3. The van der Waals surface area contributed by atoms with Gasteiger partial charge in [0.2, 0.25) is 0 Å². The summed E-state index contributed by atoms with van der Waals surface area (Å²) in [6.07, 6.45) is 0. The number of fused-ring (bicyclic) bond motifs is 13. The number of rotatable bonds is 7. The molecule has 0 fully saturated rings. The Bertz CT molecular complexity index is 3910. The third-order valence-corrected chi connectivity index (χ3v) is 14.8. The van der Waals surface area contributed by atoms with Crippen molar-refractivity contribution in [3.63, 3.8) is 0 Å². The minimum absolute atomic E-state index is 0.449. The van der Waals surface area contributed by atoms with Gasteiger partial charge >= 0.3 is 0 Å². The van der Waals surface area contributed by atoms with E-state index in [4.69, 9.17) is 0 Å². The number of anilines is 3. The van der Waals surface area contributed by atoms with Crippen LogP contribution in [0, 0.1) is 0 Å². The minimum Gasteiger partial charge on any atom is -0.309 e. The van der Waals surface area contributed by atoms with Gasteiger partial charge in [0.1, 0.15) is 0 Å². The summed E-state index contributed by atoms with van der Waals surface area (Å²) in [6.45, 7) is 0. The smallest absolute Gasteiger partial charge is 0.0726 e. The molecule has 11 aromatic carbocycles. The lowest BCUT2D eigenvalue weighted by molar-refractivity contribution is 0.794. The highest BCUT2D eigenvalue weighted by Gasteiger charge is 2.52. The van der Waals surface area contributed by atoms with Crippen molar-refractivity contribution in [1.29, 1.82) is 0 Å². The lowest BCUT2D eigenvalue weighted by Gasteiger charge is -2.32. The summed E-state index contributed by atoms with van der Waals surface area (Å²) in [4.78, 5) is 2.51. The molecule has 14 rings (SSSR count). The summed E-state index contributed by atoms with van der Waals surface area (Å²) in [5.41, 5.74) is 24.1. The fourth-order valence-electron chi connectivity index (χ4n) is 12.0. The van der Waals surface area contributed by atoms with E-state index in [1.54, 1.807) is 0 Å². The normalized spacial score (nSPS) is 12.8. The first-order valence-corrected chi connectivity index (χ1v) is 23.9. The third-order valence-electron chi connectivity index (χ3n) is 14.8. The molecule has 2 heteroatoms. The molecule has 1 spiro atoms. The van der Waals surface area contributed by atoms with Crippen molar-refractivity contribution in [2.45, 2.75) is 5.41 Å². The Morgan fingerprint density at radius 2 is 0.812 bits per heavy atom. The van der Waals surface area contributed by atoms with Gasteiger partial charge < -0.3 is 9.47 Å². The third kappa shape index (κ3) is 5.79. The summed E-state index contributed by atoms with van der Waals surface area (Å²) in [5, 5.41) is 2.51.